The number of aryl methyl sites for hydroxylation is 2. The van der Waals surface area contributed by atoms with Gasteiger partial charge in [0, 0.05) is 0 Å². The van der Waals surface area contributed by atoms with Gasteiger partial charge in [-0.2, -0.15) is 0 Å². The fourth-order valence-electron chi connectivity index (χ4n) is 4.62. The third-order valence-corrected chi connectivity index (χ3v) is 6.79. The molecule has 2 heteroatoms. The molecule has 0 N–H and O–H groups in total. The highest BCUT2D eigenvalue weighted by Crippen LogP contribution is 2.13. The second-order valence-electron chi connectivity index (χ2n) is 9.96. The minimum atomic E-state index is 1.19. The maximum absolute atomic E-state index is 2.39. The van der Waals surface area contributed by atoms with Gasteiger partial charge in [0.25, 0.3) is 0 Å². The SMILES string of the molecule is CCCCCCCCCCCCCCCCCC[n+]1ccn(CCCCCCCC)c1. The van der Waals surface area contributed by atoms with Gasteiger partial charge < -0.3 is 0 Å². The Labute approximate surface area is 196 Å². The van der Waals surface area contributed by atoms with Crippen molar-refractivity contribution in [3.05, 3.63) is 18.7 Å². The summed E-state index contributed by atoms with van der Waals surface area (Å²) in [5, 5.41) is 0. The van der Waals surface area contributed by atoms with Crippen LogP contribution in [0, 0.1) is 0 Å². The minimum Gasteiger partial charge on any atom is -0.237 e. The smallest absolute Gasteiger partial charge is 0.237 e. The number of hydrogen-bond donors (Lipinski definition) is 0. The maximum Gasteiger partial charge on any atom is 0.243 e. The summed E-state index contributed by atoms with van der Waals surface area (Å²) in [6, 6.07) is 0. The van der Waals surface area contributed by atoms with Crippen LogP contribution in [0.5, 0.6) is 0 Å². The largest absolute Gasteiger partial charge is 0.243 e. The topological polar surface area (TPSA) is 8.81 Å². The van der Waals surface area contributed by atoms with Crippen molar-refractivity contribution >= 4 is 0 Å². The molecule has 0 unspecified atom stereocenters. The maximum atomic E-state index is 2.39. The number of hydrogen-bond acceptors (Lipinski definition) is 0. The summed E-state index contributed by atoms with van der Waals surface area (Å²) >= 11 is 0. The van der Waals surface area contributed by atoms with Gasteiger partial charge in [-0.25, -0.2) is 9.13 Å². The van der Waals surface area contributed by atoms with Crippen molar-refractivity contribution in [3.63, 3.8) is 0 Å². The van der Waals surface area contributed by atoms with Gasteiger partial charge in [0.15, 0.2) is 0 Å². The predicted octanol–water partition coefficient (Wildman–Crippen LogP) is 9.40. The van der Waals surface area contributed by atoms with Gasteiger partial charge in [0.05, 0.1) is 13.1 Å². The number of aromatic nitrogens is 2. The fourth-order valence-corrected chi connectivity index (χ4v) is 4.62. The Bertz CT molecular complexity index is 465. The molecule has 0 fully saturated rings. The van der Waals surface area contributed by atoms with Crippen LogP contribution >= 0.6 is 0 Å². The quantitative estimate of drug-likeness (QED) is 0.113. The van der Waals surface area contributed by atoms with E-state index in [2.05, 4.69) is 41.7 Å². The van der Waals surface area contributed by atoms with E-state index in [4.69, 9.17) is 0 Å². The molecule has 0 spiro atoms. The highest BCUT2D eigenvalue weighted by atomic mass is 15.1. The summed E-state index contributed by atoms with van der Waals surface area (Å²) in [5.41, 5.74) is 0. The summed E-state index contributed by atoms with van der Waals surface area (Å²) in [5.74, 6) is 0. The van der Waals surface area contributed by atoms with Crippen molar-refractivity contribution < 1.29 is 4.57 Å². The third kappa shape index (κ3) is 18.5. The molecule has 0 aliphatic rings. The number of rotatable bonds is 24. The Morgan fingerprint density at radius 1 is 0.484 bits per heavy atom. The summed E-state index contributed by atoms with van der Waals surface area (Å²) in [6.07, 6.45) is 38.2. The van der Waals surface area contributed by atoms with Crippen LogP contribution in [0.1, 0.15) is 155 Å². The van der Waals surface area contributed by atoms with E-state index in [9.17, 15) is 0 Å². The first-order valence-electron chi connectivity index (χ1n) is 14.4. The van der Waals surface area contributed by atoms with Crippen LogP contribution in [0.2, 0.25) is 0 Å². The van der Waals surface area contributed by atoms with Crippen LogP contribution in [-0.2, 0) is 13.1 Å². The molecule has 0 saturated heterocycles. The Morgan fingerprint density at radius 3 is 1.32 bits per heavy atom. The van der Waals surface area contributed by atoms with Gasteiger partial charge in [0.2, 0.25) is 6.33 Å². The van der Waals surface area contributed by atoms with Crippen LogP contribution in [0.3, 0.4) is 0 Å². The van der Waals surface area contributed by atoms with Crippen molar-refractivity contribution in [2.45, 2.75) is 168 Å². The van der Waals surface area contributed by atoms with Crippen molar-refractivity contribution in [3.8, 4) is 0 Å². The van der Waals surface area contributed by atoms with Crippen LogP contribution in [0.25, 0.3) is 0 Å². The van der Waals surface area contributed by atoms with Crippen molar-refractivity contribution in [1.29, 1.82) is 0 Å². The zero-order valence-corrected chi connectivity index (χ0v) is 21.6. The van der Waals surface area contributed by atoms with Gasteiger partial charge in [-0.1, -0.05) is 129 Å². The Balaban J connectivity index is 1.81. The van der Waals surface area contributed by atoms with E-state index in [0.717, 1.165) is 0 Å². The molecule has 2 nitrogen and oxygen atoms in total. The fraction of sp³-hybridized carbons (Fsp3) is 0.897. The van der Waals surface area contributed by atoms with E-state index >= 15 is 0 Å². The van der Waals surface area contributed by atoms with E-state index < -0.39 is 0 Å². The first-order valence-corrected chi connectivity index (χ1v) is 14.4. The second-order valence-corrected chi connectivity index (χ2v) is 9.96. The average molecular weight is 434 g/mol. The summed E-state index contributed by atoms with van der Waals surface area (Å²) in [7, 11) is 0. The Hall–Kier alpha value is -0.790. The molecule has 0 radical (unpaired) electrons. The monoisotopic (exact) mass is 433 g/mol. The van der Waals surface area contributed by atoms with Crippen LogP contribution in [0.4, 0.5) is 0 Å². The molecule has 0 aromatic carbocycles. The lowest BCUT2D eigenvalue weighted by Crippen LogP contribution is -2.30. The van der Waals surface area contributed by atoms with Crippen molar-refractivity contribution in [2.75, 3.05) is 0 Å². The highest BCUT2D eigenvalue weighted by molar-refractivity contribution is 4.66. The van der Waals surface area contributed by atoms with E-state index in [1.54, 1.807) is 0 Å². The van der Waals surface area contributed by atoms with Gasteiger partial charge in [-0.05, 0) is 25.7 Å². The molecule has 0 atom stereocenters. The predicted molar refractivity (Wildman–Crippen MR) is 138 cm³/mol. The Kier molecular flexibility index (Phi) is 20.4. The first-order chi connectivity index (χ1) is 15.4. The van der Waals surface area contributed by atoms with Gasteiger partial charge >= 0.3 is 0 Å². The molecule has 1 aromatic rings. The molecule has 1 rings (SSSR count). The molecule has 182 valence electrons. The van der Waals surface area contributed by atoms with Crippen LogP contribution < -0.4 is 4.57 Å². The zero-order valence-electron chi connectivity index (χ0n) is 21.6. The molecule has 0 bridgehead atoms. The minimum absolute atomic E-state index is 1.19. The van der Waals surface area contributed by atoms with Crippen molar-refractivity contribution in [2.24, 2.45) is 0 Å². The molecule has 1 heterocycles. The number of imidazole rings is 1. The molecule has 0 aliphatic carbocycles. The lowest BCUT2D eigenvalue weighted by atomic mass is 10.0. The molecule has 0 amide bonds. The average Bonchev–Trinajstić information content (AvgIpc) is 3.23. The zero-order chi connectivity index (χ0) is 22.2. The lowest BCUT2D eigenvalue weighted by molar-refractivity contribution is -0.696. The van der Waals surface area contributed by atoms with Crippen LogP contribution in [0.15, 0.2) is 18.7 Å². The van der Waals surface area contributed by atoms with E-state index in [1.807, 2.05) is 0 Å². The molecular formula is C29H57N2+. The van der Waals surface area contributed by atoms with Gasteiger partial charge in [-0.3, -0.25) is 0 Å². The van der Waals surface area contributed by atoms with Gasteiger partial charge in [-0.15, -0.1) is 0 Å². The van der Waals surface area contributed by atoms with Crippen molar-refractivity contribution in [1.82, 2.24) is 4.57 Å². The first kappa shape index (κ1) is 28.2. The standard InChI is InChI=1S/C29H57N2/c1-3-5-7-9-11-12-13-14-15-16-17-18-19-20-22-24-26-31-28-27-30(29-31)25-23-21-10-8-6-4-2/h27-29H,3-26H2,1-2H3/q+1. The number of nitrogens with zero attached hydrogens (tertiary/aromatic N) is 2. The highest BCUT2D eigenvalue weighted by Gasteiger charge is 2.03. The van der Waals surface area contributed by atoms with E-state index in [0.29, 0.717) is 0 Å². The molecule has 0 saturated carbocycles. The van der Waals surface area contributed by atoms with E-state index in [1.165, 1.54) is 154 Å². The summed E-state index contributed by atoms with van der Waals surface area (Å²) in [4.78, 5) is 0. The molecular weight excluding hydrogens is 376 g/mol. The third-order valence-electron chi connectivity index (χ3n) is 6.79. The molecule has 1 aromatic heterocycles. The Morgan fingerprint density at radius 2 is 0.871 bits per heavy atom. The summed E-state index contributed by atoms with van der Waals surface area (Å²) in [6.45, 7) is 6.98. The lowest BCUT2D eigenvalue weighted by Gasteiger charge is -2.03. The summed E-state index contributed by atoms with van der Waals surface area (Å²) < 4.78 is 4.77. The van der Waals surface area contributed by atoms with Crippen LogP contribution in [-0.4, -0.2) is 4.57 Å². The molecule has 31 heavy (non-hydrogen) atoms. The second kappa shape index (κ2) is 22.4. The van der Waals surface area contributed by atoms with E-state index in [-0.39, 0.29) is 0 Å². The number of unbranched alkanes of at least 4 members (excludes halogenated alkanes) is 20. The molecule has 0 aliphatic heterocycles. The normalized spacial score (nSPS) is 11.4. The van der Waals surface area contributed by atoms with Gasteiger partial charge in [0.1, 0.15) is 12.4 Å².